The van der Waals surface area contributed by atoms with Gasteiger partial charge in [0.1, 0.15) is 5.75 Å². The number of aromatic amines is 1. The van der Waals surface area contributed by atoms with Gasteiger partial charge in [0.25, 0.3) is 0 Å². The zero-order valence-electron chi connectivity index (χ0n) is 21.8. The minimum absolute atomic E-state index is 0.0993. The number of nitrogens with zero attached hydrogens (tertiary/aromatic N) is 3. The number of H-pyrrole nitrogens is 1. The largest absolute Gasteiger partial charge is 0.497 e. The van der Waals surface area contributed by atoms with Gasteiger partial charge in [-0.25, -0.2) is 13.4 Å². The summed E-state index contributed by atoms with van der Waals surface area (Å²) in [6.45, 7) is 0.812. The van der Waals surface area contributed by atoms with E-state index in [0.717, 1.165) is 54.1 Å². The third-order valence-electron chi connectivity index (χ3n) is 7.90. The summed E-state index contributed by atoms with van der Waals surface area (Å²) < 4.78 is 74.0. The molecule has 2 heterocycles. The topological polar surface area (TPSA) is 78.5 Å². The molecule has 1 N–H and O–H groups in total. The zero-order valence-corrected chi connectivity index (χ0v) is 22.6. The Hall–Kier alpha value is -3.05. The Bertz CT molecular complexity index is 1360. The monoisotopic (exact) mass is 562 g/mol. The number of nitrogens with one attached hydrogen (secondary N) is 1. The maximum atomic E-state index is 13.8. The van der Waals surface area contributed by atoms with Crippen LogP contribution in [-0.2, 0) is 29.3 Å². The van der Waals surface area contributed by atoms with E-state index in [-0.39, 0.29) is 24.0 Å². The molecule has 0 unspecified atom stereocenters. The highest BCUT2D eigenvalue weighted by Gasteiger charge is 2.36. The molecule has 0 spiro atoms. The fourth-order valence-electron chi connectivity index (χ4n) is 5.75. The van der Waals surface area contributed by atoms with Crippen LogP contribution in [0.25, 0.3) is 0 Å². The van der Waals surface area contributed by atoms with Crippen molar-refractivity contribution in [2.45, 2.75) is 68.7 Å². The van der Waals surface area contributed by atoms with Crippen LogP contribution in [0.3, 0.4) is 0 Å². The molecule has 0 amide bonds. The lowest BCUT2D eigenvalue weighted by Crippen LogP contribution is -2.43. The Morgan fingerprint density at radius 1 is 1.08 bits per heavy atom. The highest BCUT2D eigenvalue weighted by molar-refractivity contribution is 7.89. The molecule has 2 aliphatic rings. The third kappa shape index (κ3) is 6.09. The van der Waals surface area contributed by atoms with Crippen LogP contribution in [-0.4, -0.2) is 42.4 Å². The van der Waals surface area contributed by atoms with Crippen LogP contribution in [0, 0.1) is 5.92 Å². The molecule has 2 aromatic carbocycles. The number of ether oxygens (including phenoxy) is 1. The van der Waals surface area contributed by atoms with E-state index in [9.17, 15) is 21.6 Å². The fourth-order valence-corrected chi connectivity index (χ4v) is 7.20. The number of benzene rings is 2. The third-order valence-corrected chi connectivity index (χ3v) is 9.73. The second-order valence-corrected chi connectivity index (χ2v) is 12.3. The Kier molecular flexibility index (Phi) is 7.91. The van der Waals surface area contributed by atoms with Crippen molar-refractivity contribution in [1.29, 1.82) is 0 Å². The lowest BCUT2D eigenvalue weighted by Gasteiger charge is -2.34. The second kappa shape index (κ2) is 11.2. The van der Waals surface area contributed by atoms with Crippen LogP contribution in [0.15, 0.2) is 59.9 Å². The zero-order chi connectivity index (χ0) is 27.6. The average molecular weight is 563 g/mol. The molecule has 0 bridgehead atoms. The maximum absolute atomic E-state index is 13.8. The van der Waals surface area contributed by atoms with Crippen molar-refractivity contribution in [3.63, 3.8) is 0 Å². The van der Waals surface area contributed by atoms with Gasteiger partial charge in [0.05, 0.1) is 36.1 Å². The Morgan fingerprint density at radius 3 is 2.46 bits per heavy atom. The maximum Gasteiger partial charge on any atom is 0.416 e. The molecule has 5 rings (SSSR count). The van der Waals surface area contributed by atoms with Crippen LogP contribution < -0.4 is 9.64 Å². The van der Waals surface area contributed by atoms with E-state index < -0.39 is 21.8 Å². The van der Waals surface area contributed by atoms with Crippen molar-refractivity contribution in [3.8, 4) is 5.75 Å². The Morgan fingerprint density at radius 2 is 1.82 bits per heavy atom. The number of sulfonamides is 1. The van der Waals surface area contributed by atoms with Gasteiger partial charge in [-0.3, -0.25) is 0 Å². The van der Waals surface area contributed by atoms with Crippen molar-refractivity contribution < 1.29 is 26.3 Å². The average Bonchev–Trinajstić information content (AvgIpc) is 3.61. The molecular weight excluding hydrogens is 529 g/mol. The molecule has 39 heavy (non-hydrogen) atoms. The van der Waals surface area contributed by atoms with Gasteiger partial charge in [-0.1, -0.05) is 31.7 Å². The van der Waals surface area contributed by atoms with E-state index in [1.165, 1.54) is 30.0 Å². The highest BCUT2D eigenvalue weighted by atomic mass is 32.2. The number of aromatic nitrogens is 2. The first-order valence-corrected chi connectivity index (χ1v) is 14.7. The number of rotatable bonds is 8. The van der Waals surface area contributed by atoms with E-state index in [2.05, 4.69) is 14.9 Å². The van der Waals surface area contributed by atoms with Crippen LogP contribution in [0.2, 0.25) is 0 Å². The van der Waals surface area contributed by atoms with E-state index in [1.54, 1.807) is 25.7 Å². The van der Waals surface area contributed by atoms with Gasteiger partial charge < -0.3 is 14.6 Å². The van der Waals surface area contributed by atoms with Gasteiger partial charge in [-0.2, -0.15) is 17.5 Å². The lowest BCUT2D eigenvalue weighted by atomic mass is 9.97. The van der Waals surface area contributed by atoms with Crippen molar-refractivity contribution in [2.75, 3.05) is 18.6 Å². The van der Waals surface area contributed by atoms with Crippen LogP contribution in [0.5, 0.6) is 5.75 Å². The number of methoxy groups -OCH3 is 1. The molecule has 1 atom stereocenters. The van der Waals surface area contributed by atoms with Crippen LogP contribution in [0.1, 0.15) is 55.3 Å². The molecule has 11 heteroatoms. The molecule has 1 aromatic heterocycles. The molecule has 210 valence electrons. The molecule has 3 aromatic rings. The van der Waals surface area contributed by atoms with E-state index in [1.807, 2.05) is 12.1 Å². The van der Waals surface area contributed by atoms with Gasteiger partial charge >= 0.3 is 6.18 Å². The molecule has 1 aliphatic heterocycles. The molecule has 1 saturated carbocycles. The SMILES string of the molecule is COc1ccc2c(c1)N(Cc1cnc[nH]1)[C@H](CCC1CCCC1)CN(S(=O)(=O)c1ccc(C(F)(F)F)cc1)C2. The minimum Gasteiger partial charge on any atom is -0.497 e. The van der Waals surface area contributed by atoms with Crippen LogP contribution in [0.4, 0.5) is 18.9 Å². The highest BCUT2D eigenvalue weighted by Crippen LogP contribution is 2.38. The standard InChI is InChI=1S/C28H33F3N4O3S/c1-38-25-11-7-21-16-34(39(36,37)26-12-8-22(9-13-26)28(29,30)31)18-24(10-6-20-4-2-3-5-20)35(27(21)14-25)17-23-15-32-19-33-23/h7-9,11-15,19-20,24H,2-6,10,16-18H2,1H3,(H,32,33)/t24-/m1/s1. The Labute approximate surface area is 227 Å². The van der Waals surface area contributed by atoms with Gasteiger partial charge in [0, 0.05) is 37.1 Å². The number of alkyl halides is 3. The summed E-state index contributed by atoms with van der Waals surface area (Å²) in [5, 5.41) is 0. The number of imidazole rings is 1. The van der Waals surface area contributed by atoms with Gasteiger partial charge in [0.15, 0.2) is 0 Å². The summed E-state index contributed by atoms with van der Waals surface area (Å²) in [5.41, 5.74) is 1.70. The van der Waals surface area contributed by atoms with Crippen molar-refractivity contribution in [2.24, 2.45) is 5.92 Å². The molecule has 1 fully saturated rings. The molecule has 7 nitrogen and oxygen atoms in total. The number of hydrogen-bond acceptors (Lipinski definition) is 5. The minimum atomic E-state index is -4.54. The first-order chi connectivity index (χ1) is 18.6. The molecule has 0 radical (unpaired) electrons. The Balaban J connectivity index is 1.53. The molecule has 1 aliphatic carbocycles. The fraction of sp³-hybridized carbons (Fsp3) is 0.464. The van der Waals surface area contributed by atoms with Crippen LogP contribution >= 0.6 is 0 Å². The quantitative estimate of drug-likeness (QED) is 0.365. The van der Waals surface area contributed by atoms with Crippen molar-refractivity contribution in [3.05, 3.63) is 71.8 Å². The first-order valence-electron chi connectivity index (χ1n) is 13.2. The summed E-state index contributed by atoms with van der Waals surface area (Å²) in [4.78, 5) is 9.39. The van der Waals surface area contributed by atoms with E-state index in [4.69, 9.17) is 4.74 Å². The second-order valence-electron chi connectivity index (χ2n) is 10.4. The smallest absolute Gasteiger partial charge is 0.416 e. The van der Waals surface area contributed by atoms with Gasteiger partial charge in [-0.15, -0.1) is 0 Å². The molecule has 0 saturated heterocycles. The van der Waals surface area contributed by atoms with E-state index in [0.29, 0.717) is 18.2 Å². The predicted molar refractivity (Wildman–Crippen MR) is 142 cm³/mol. The normalized spacial score (nSPS) is 19.2. The number of fused-ring (bicyclic) bond motifs is 1. The van der Waals surface area contributed by atoms with Crippen molar-refractivity contribution >= 4 is 15.7 Å². The van der Waals surface area contributed by atoms with Gasteiger partial charge in [-0.05, 0) is 54.7 Å². The number of hydrogen-bond donors (Lipinski definition) is 1. The lowest BCUT2D eigenvalue weighted by molar-refractivity contribution is -0.137. The first kappa shape index (κ1) is 27.5. The predicted octanol–water partition coefficient (Wildman–Crippen LogP) is 5.99. The molecular formula is C28H33F3N4O3S. The summed E-state index contributed by atoms with van der Waals surface area (Å²) >= 11 is 0. The van der Waals surface area contributed by atoms with E-state index >= 15 is 0 Å². The van der Waals surface area contributed by atoms with Crippen molar-refractivity contribution in [1.82, 2.24) is 14.3 Å². The number of anilines is 1. The summed E-state index contributed by atoms with van der Waals surface area (Å²) in [6, 6.07) is 9.19. The summed E-state index contributed by atoms with van der Waals surface area (Å²) in [5.74, 6) is 1.28. The number of halogens is 3. The summed E-state index contributed by atoms with van der Waals surface area (Å²) in [7, 11) is -2.48. The van der Waals surface area contributed by atoms with Gasteiger partial charge in [0.2, 0.25) is 10.0 Å². The summed E-state index contributed by atoms with van der Waals surface area (Å²) in [6.07, 6.45) is 5.43.